The summed E-state index contributed by atoms with van der Waals surface area (Å²) in [7, 11) is 0. The van der Waals surface area contributed by atoms with Crippen molar-refractivity contribution in [3.8, 4) is 11.5 Å². The van der Waals surface area contributed by atoms with E-state index in [-0.39, 0.29) is 6.10 Å². The van der Waals surface area contributed by atoms with E-state index in [0.29, 0.717) is 6.61 Å². The number of hydrogen-bond donors (Lipinski definition) is 1. The summed E-state index contributed by atoms with van der Waals surface area (Å²) < 4.78 is 11.6. The molecule has 0 saturated heterocycles. The minimum Gasteiger partial charge on any atom is -0.490 e. The van der Waals surface area contributed by atoms with Gasteiger partial charge in [-0.15, -0.1) is 0 Å². The zero-order valence-electron chi connectivity index (χ0n) is 11.5. The summed E-state index contributed by atoms with van der Waals surface area (Å²) in [5.74, 6) is 1.72. The van der Waals surface area contributed by atoms with E-state index in [1.807, 2.05) is 42.5 Å². The van der Waals surface area contributed by atoms with Gasteiger partial charge < -0.3 is 14.6 Å². The second kappa shape index (κ2) is 5.55. The fourth-order valence-corrected chi connectivity index (χ4v) is 2.40. The van der Waals surface area contributed by atoms with E-state index in [4.69, 9.17) is 9.47 Å². The van der Waals surface area contributed by atoms with Crippen molar-refractivity contribution in [2.24, 2.45) is 0 Å². The normalized spacial score (nSPS) is 18.2. The highest BCUT2D eigenvalue weighted by Crippen LogP contribution is 2.28. The van der Waals surface area contributed by atoms with Crippen molar-refractivity contribution < 1.29 is 14.6 Å². The lowest BCUT2D eigenvalue weighted by molar-refractivity contribution is 0.148. The second-order valence-corrected chi connectivity index (χ2v) is 5.11. The molecule has 0 radical (unpaired) electrons. The molecule has 2 aromatic carbocycles. The highest BCUT2D eigenvalue weighted by atomic mass is 16.5. The van der Waals surface area contributed by atoms with Crippen LogP contribution in [0.4, 0.5) is 0 Å². The Balaban J connectivity index is 1.60. The number of fused-ring (bicyclic) bond motifs is 1. The van der Waals surface area contributed by atoms with Crippen molar-refractivity contribution >= 4 is 0 Å². The van der Waals surface area contributed by atoms with Crippen molar-refractivity contribution in [2.45, 2.75) is 25.6 Å². The van der Waals surface area contributed by atoms with E-state index < -0.39 is 6.10 Å². The quantitative estimate of drug-likeness (QED) is 0.927. The van der Waals surface area contributed by atoms with Crippen LogP contribution in [0.15, 0.2) is 48.5 Å². The van der Waals surface area contributed by atoms with Crippen molar-refractivity contribution in [3.63, 3.8) is 0 Å². The Bertz CT molecular complexity index is 567. The molecule has 3 rings (SSSR count). The van der Waals surface area contributed by atoms with Crippen LogP contribution in [-0.4, -0.2) is 17.8 Å². The molecule has 1 unspecified atom stereocenters. The average Bonchev–Trinajstić information content (AvgIpc) is 2.88. The van der Waals surface area contributed by atoms with Gasteiger partial charge in [0.2, 0.25) is 0 Å². The summed E-state index contributed by atoms with van der Waals surface area (Å²) in [5.41, 5.74) is 2.09. The van der Waals surface area contributed by atoms with E-state index in [1.54, 1.807) is 6.92 Å². The number of aliphatic hydroxyl groups excluding tert-OH is 1. The van der Waals surface area contributed by atoms with Crippen LogP contribution in [-0.2, 0) is 6.42 Å². The highest BCUT2D eigenvalue weighted by Gasteiger charge is 2.22. The number of rotatable bonds is 4. The van der Waals surface area contributed by atoms with Gasteiger partial charge in [-0.05, 0) is 36.2 Å². The third-order valence-corrected chi connectivity index (χ3v) is 3.49. The third kappa shape index (κ3) is 2.78. The number of benzene rings is 2. The van der Waals surface area contributed by atoms with Gasteiger partial charge in [-0.2, -0.15) is 0 Å². The molecule has 0 fully saturated rings. The van der Waals surface area contributed by atoms with Crippen molar-refractivity contribution in [1.29, 1.82) is 0 Å². The largest absolute Gasteiger partial charge is 0.490 e. The zero-order valence-corrected chi connectivity index (χ0v) is 11.5. The van der Waals surface area contributed by atoms with Gasteiger partial charge in [0.25, 0.3) is 0 Å². The molecule has 3 nitrogen and oxygen atoms in total. The molecule has 104 valence electrons. The fraction of sp³-hybridized carbons (Fsp3) is 0.294. The van der Waals surface area contributed by atoms with Gasteiger partial charge in [-0.1, -0.05) is 30.3 Å². The number of para-hydroxylation sites is 1. The Morgan fingerprint density at radius 2 is 2.10 bits per heavy atom. The van der Waals surface area contributed by atoms with E-state index >= 15 is 0 Å². The van der Waals surface area contributed by atoms with Crippen LogP contribution in [0.25, 0.3) is 0 Å². The lowest BCUT2D eigenvalue weighted by Crippen LogP contribution is -2.22. The summed E-state index contributed by atoms with van der Waals surface area (Å²) in [6.07, 6.45) is 0.458. The van der Waals surface area contributed by atoms with Crippen LogP contribution in [0.1, 0.15) is 24.2 Å². The summed E-state index contributed by atoms with van der Waals surface area (Å²) in [5, 5.41) is 9.57. The molecule has 0 amide bonds. The average molecular weight is 270 g/mol. The predicted octanol–water partition coefficient (Wildman–Crippen LogP) is 3.12. The lowest BCUT2D eigenvalue weighted by atomic mass is 10.1. The molecule has 0 saturated carbocycles. The van der Waals surface area contributed by atoms with Gasteiger partial charge in [0.05, 0.1) is 6.10 Å². The molecule has 2 aromatic rings. The Morgan fingerprint density at radius 1 is 1.25 bits per heavy atom. The van der Waals surface area contributed by atoms with Gasteiger partial charge in [0.1, 0.15) is 24.2 Å². The zero-order chi connectivity index (χ0) is 13.9. The summed E-state index contributed by atoms with van der Waals surface area (Å²) in [6.45, 7) is 2.26. The van der Waals surface area contributed by atoms with Crippen LogP contribution >= 0.6 is 0 Å². The van der Waals surface area contributed by atoms with Crippen molar-refractivity contribution in [2.75, 3.05) is 6.61 Å². The number of hydrogen-bond acceptors (Lipinski definition) is 3. The molecule has 1 heterocycles. The molecule has 1 aliphatic heterocycles. The lowest BCUT2D eigenvalue weighted by Gasteiger charge is -2.13. The minimum atomic E-state index is -0.481. The predicted molar refractivity (Wildman–Crippen MR) is 77.1 cm³/mol. The minimum absolute atomic E-state index is 0.0580. The number of ether oxygens (including phenoxy) is 2. The maximum Gasteiger partial charge on any atom is 0.137 e. The topological polar surface area (TPSA) is 38.7 Å². The Hall–Kier alpha value is -2.00. The molecule has 0 spiro atoms. The number of aliphatic hydroxyl groups is 1. The first-order valence-electron chi connectivity index (χ1n) is 6.88. The van der Waals surface area contributed by atoms with E-state index in [0.717, 1.165) is 23.5 Å². The first-order valence-corrected chi connectivity index (χ1v) is 6.88. The van der Waals surface area contributed by atoms with Crippen LogP contribution in [0.5, 0.6) is 11.5 Å². The highest BCUT2D eigenvalue weighted by molar-refractivity contribution is 5.37. The molecule has 0 aromatic heterocycles. The van der Waals surface area contributed by atoms with Gasteiger partial charge in [0, 0.05) is 6.42 Å². The molecule has 0 bridgehead atoms. The molecule has 0 aliphatic carbocycles. The SMILES string of the molecule is C[C@H](O)c1cccc(OCC2Cc3ccccc3O2)c1. The van der Waals surface area contributed by atoms with Crippen LogP contribution in [0.3, 0.4) is 0 Å². The summed E-state index contributed by atoms with van der Waals surface area (Å²) in [6, 6.07) is 15.6. The molecular weight excluding hydrogens is 252 g/mol. The third-order valence-electron chi connectivity index (χ3n) is 3.49. The first kappa shape index (κ1) is 13.0. The van der Waals surface area contributed by atoms with Crippen LogP contribution in [0, 0.1) is 0 Å². The molecule has 3 heteroatoms. The van der Waals surface area contributed by atoms with Gasteiger partial charge in [-0.3, -0.25) is 0 Å². The van der Waals surface area contributed by atoms with Gasteiger partial charge in [-0.25, -0.2) is 0 Å². The Labute approximate surface area is 118 Å². The van der Waals surface area contributed by atoms with Crippen LogP contribution in [0.2, 0.25) is 0 Å². The molecular formula is C17H18O3. The van der Waals surface area contributed by atoms with Gasteiger partial charge in [0.15, 0.2) is 0 Å². The van der Waals surface area contributed by atoms with E-state index in [2.05, 4.69) is 6.07 Å². The molecule has 1 aliphatic rings. The maximum atomic E-state index is 9.57. The Morgan fingerprint density at radius 3 is 2.90 bits per heavy atom. The Kier molecular flexibility index (Phi) is 3.61. The van der Waals surface area contributed by atoms with E-state index in [1.165, 1.54) is 5.56 Å². The van der Waals surface area contributed by atoms with Crippen molar-refractivity contribution in [3.05, 3.63) is 59.7 Å². The standard InChI is InChI=1S/C17H18O3/c1-12(18)13-6-4-7-15(9-13)19-11-16-10-14-5-2-3-8-17(14)20-16/h2-9,12,16,18H,10-11H2,1H3/t12-,16?/m0/s1. The molecule has 20 heavy (non-hydrogen) atoms. The maximum absolute atomic E-state index is 9.57. The van der Waals surface area contributed by atoms with E-state index in [9.17, 15) is 5.11 Å². The van der Waals surface area contributed by atoms with Gasteiger partial charge >= 0.3 is 0 Å². The van der Waals surface area contributed by atoms with Crippen molar-refractivity contribution in [1.82, 2.24) is 0 Å². The summed E-state index contributed by atoms with van der Waals surface area (Å²) in [4.78, 5) is 0. The molecule has 2 atom stereocenters. The monoisotopic (exact) mass is 270 g/mol. The van der Waals surface area contributed by atoms with Crippen LogP contribution < -0.4 is 9.47 Å². The fourth-order valence-electron chi connectivity index (χ4n) is 2.40. The summed E-state index contributed by atoms with van der Waals surface area (Å²) >= 11 is 0. The molecule has 1 N–H and O–H groups in total. The second-order valence-electron chi connectivity index (χ2n) is 5.11. The first-order chi connectivity index (χ1) is 9.72. The smallest absolute Gasteiger partial charge is 0.137 e.